The number of nitrogens with two attached hydrogens (primary N) is 1. The van der Waals surface area contributed by atoms with Gasteiger partial charge in [-0.2, -0.15) is 0 Å². The van der Waals surface area contributed by atoms with Gasteiger partial charge in [0.2, 0.25) is 0 Å². The van der Waals surface area contributed by atoms with Crippen LogP contribution >= 0.6 is 12.2 Å². The summed E-state index contributed by atoms with van der Waals surface area (Å²) in [6.07, 6.45) is 1.75. The van der Waals surface area contributed by atoms with Gasteiger partial charge in [-0.3, -0.25) is 9.69 Å². The molecule has 0 saturated carbocycles. The van der Waals surface area contributed by atoms with Gasteiger partial charge in [0.1, 0.15) is 6.04 Å². The largest absolute Gasteiger partial charge is 0.465 e. The van der Waals surface area contributed by atoms with Crippen LogP contribution in [0.25, 0.3) is 0 Å². The monoisotopic (exact) mass is 274 g/mol. The minimum absolute atomic E-state index is 0.105. The quantitative estimate of drug-likeness (QED) is 0.514. The summed E-state index contributed by atoms with van der Waals surface area (Å²) in [5.41, 5.74) is 5.64. The van der Waals surface area contributed by atoms with E-state index >= 15 is 0 Å². The maximum atomic E-state index is 12.0. The highest BCUT2D eigenvalue weighted by atomic mass is 32.1. The van der Waals surface area contributed by atoms with E-state index in [0.29, 0.717) is 18.1 Å². The maximum absolute atomic E-state index is 12.0. The van der Waals surface area contributed by atoms with E-state index in [1.54, 1.807) is 0 Å². The Labute approximate surface area is 116 Å². The number of esters is 1. The van der Waals surface area contributed by atoms with Gasteiger partial charge in [0.05, 0.1) is 11.6 Å². The lowest BCUT2D eigenvalue weighted by molar-refractivity contribution is -0.150. The van der Waals surface area contributed by atoms with E-state index in [0.717, 1.165) is 19.4 Å². The van der Waals surface area contributed by atoms with Gasteiger partial charge < -0.3 is 10.5 Å². The number of nitrogens with zero attached hydrogens (tertiary/aromatic N) is 1. The Morgan fingerprint density at radius 3 is 2.39 bits per heavy atom. The summed E-state index contributed by atoms with van der Waals surface area (Å²) in [4.78, 5) is 14.6. The number of thiocarbonyl (C=S) groups is 1. The number of ether oxygens (including phenoxy) is 1. The summed E-state index contributed by atoms with van der Waals surface area (Å²) in [6, 6.07) is -0.184. The van der Waals surface area contributed by atoms with Crippen molar-refractivity contribution in [3.05, 3.63) is 0 Å². The third-order valence-corrected chi connectivity index (χ3v) is 3.36. The van der Waals surface area contributed by atoms with Crippen LogP contribution in [0.15, 0.2) is 0 Å². The van der Waals surface area contributed by atoms with Crippen molar-refractivity contribution in [1.29, 1.82) is 0 Å². The molecule has 0 rings (SSSR count). The van der Waals surface area contributed by atoms with Crippen molar-refractivity contribution >= 4 is 23.2 Å². The molecule has 0 heterocycles. The van der Waals surface area contributed by atoms with Gasteiger partial charge >= 0.3 is 5.97 Å². The van der Waals surface area contributed by atoms with Crippen molar-refractivity contribution in [3.8, 4) is 0 Å². The Kier molecular flexibility index (Phi) is 8.93. The summed E-state index contributed by atoms with van der Waals surface area (Å²) in [5.74, 6) is -0.0370. The SMILES string of the molecule is CCCC(C(=O)OCC)N(CC)CC(C)C(N)=S. The van der Waals surface area contributed by atoms with Crippen molar-refractivity contribution in [1.82, 2.24) is 4.90 Å². The van der Waals surface area contributed by atoms with Crippen molar-refractivity contribution in [2.24, 2.45) is 11.7 Å². The standard InChI is InChI=1S/C13H26N2O2S/c1-5-8-11(13(16)17-7-3)15(6-2)9-10(4)12(14)18/h10-11H,5-9H2,1-4H3,(H2,14,18). The van der Waals surface area contributed by atoms with Gasteiger partial charge in [-0.05, 0) is 19.9 Å². The summed E-state index contributed by atoms with van der Waals surface area (Å²) in [7, 11) is 0. The van der Waals surface area contributed by atoms with Crippen molar-refractivity contribution in [2.75, 3.05) is 19.7 Å². The van der Waals surface area contributed by atoms with Crippen LogP contribution in [0.4, 0.5) is 0 Å². The van der Waals surface area contributed by atoms with Gasteiger partial charge in [0, 0.05) is 12.5 Å². The molecule has 0 aromatic rings. The van der Waals surface area contributed by atoms with E-state index in [2.05, 4.69) is 11.8 Å². The molecule has 2 unspecified atom stereocenters. The maximum Gasteiger partial charge on any atom is 0.323 e. The van der Waals surface area contributed by atoms with Crippen LogP contribution < -0.4 is 5.73 Å². The first-order valence-corrected chi connectivity index (χ1v) is 7.08. The Hall–Kier alpha value is -0.680. The highest BCUT2D eigenvalue weighted by Crippen LogP contribution is 2.12. The van der Waals surface area contributed by atoms with E-state index in [9.17, 15) is 4.79 Å². The minimum atomic E-state index is -0.184. The molecular formula is C13H26N2O2S. The molecule has 18 heavy (non-hydrogen) atoms. The van der Waals surface area contributed by atoms with E-state index in [1.807, 2.05) is 20.8 Å². The molecule has 0 saturated heterocycles. The predicted octanol–water partition coefficient (Wildman–Crippen LogP) is 1.96. The number of carbonyl (C=O) groups is 1. The van der Waals surface area contributed by atoms with E-state index in [1.165, 1.54) is 0 Å². The molecule has 0 aliphatic rings. The fraction of sp³-hybridized carbons (Fsp3) is 0.846. The van der Waals surface area contributed by atoms with Crippen molar-refractivity contribution < 1.29 is 9.53 Å². The molecule has 0 spiro atoms. The molecule has 5 heteroatoms. The van der Waals surface area contributed by atoms with Crippen LogP contribution in [0.3, 0.4) is 0 Å². The Morgan fingerprint density at radius 2 is 2.00 bits per heavy atom. The number of hydrogen-bond donors (Lipinski definition) is 1. The fourth-order valence-corrected chi connectivity index (χ4v) is 1.95. The molecule has 0 bridgehead atoms. The summed E-state index contributed by atoms with van der Waals surface area (Å²) in [5, 5.41) is 0. The summed E-state index contributed by atoms with van der Waals surface area (Å²) < 4.78 is 5.14. The first kappa shape index (κ1) is 17.3. The zero-order valence-corrected chi connectivity index (χ0v) is 12.8. The first-order valence-electron chi connectivity index (χ1n) is 6.67. The topological polar surface area (TPSA) is 55.6 Å². The highest BCUT2D eigenvalue weighted by Gasteiger charge is 2.26. The second kappa shape index (κ2) is 9.28. The number of carbonyl (C=O) groups excluding carboxylic acids is 1. The van der Waals surface area contributed by atoms with E-state index in [4.69, 9.17) is 22.7 Å². The highest BCUT2D eigenvalue weighted by molar-refractivity contribution is 7.80. The third-order valence-electron chi connectivity index (χ3n) is 2.96. The van der Waals surface area contributed by atoms with Crippen LogP contribution in [0.2, 0.25) is 0 Å². The molecule has 0 aromatic heterocycles. The second-order valence-electron chi connectivity index (χ2n) is 4.45. The molecule has 0 aromatic carbocycles. The van der Waals surface area contributed by atoms with Crippen LogP contribution in [-0.4, -0.2) is 41.6 Å². The average Bonchev–Trinajstić information content (AvgIpc) is 2.33. The van der Waals surface area contributed by atoms with Crippen molar-refractivity contribution in [2.45, 2.75) is 46.6 Å². The van der Waals surface area contributed by atoms with Crippen LogP contribution in [0, 0.1) is 5.92 Å². The van der Waals surface area contributed by atoms with Gasteiger partial charge in [0.15, 0.2) is 0 Å². The molecule has 0 aliphatic heterocycles. The van der Waals surface area contributed by atoms with Gasteiger partial charge in [-0.15, -0.1) is 0 Å². The molecule has 2 atom stereocenters. The van der Waals surface area contributed by atoms with Crippen LogP contribution in [0.5, 0.6) is 0 Å². The number of rotatable bonds is 9. The molecular weight excluding hydrogens is 248 g/mol. The van der Waals surface area contributed by atoms with Gasteiger partial charge in [-0.25, -0.2) is 0 Å². The lowest BCUT2D eigenvalue weighted by Crippen LogP contribution is -2.45. The molecule has 2 N–H and O–H groups in total. The zero-order valence-electron chi connectivity index (χ0n) is 11.9. The fourth-order valence-electron chi connectivity index (χ4n) is 1.88. The molecule has 0 aliphatic carbocycles. The molecule has 106 valence electrons. The van der Waals surface area contributed by atoms with E-state index < -0.39 is 0 Å². The Balaban J connectivity index is 4.70. The lowest BCUT2D eigenvalue weighted by atomic mass is 10.1. The molecule has 0 fully saturated rings. The zero-order chi connectivity index (χ0) is 14.1. The van der Waals surface area contributed by atoms with Crippen molar-refractivity contribution in [3.63, 3.8) is 0 Å². The normalized spacial score (nSPS) is 14.3. The smallest absolute Gasteiger partial charge is 0.323 e. The molecule has 4 nitrogen and oxygen atoms in total. The Morgan fingerprint density at radius 1 is 1.39 bits per heavy atom. The average molecular weight is 274 g/mol. The molecule has 0 radical (unpaired) electrons. The molecule has 0 amide bonds. The van der Waals surface area contributed by atoms with Crippen LogP contribution in [-0.2, 0) is 9.53 Å². The predicted molar refractivity (Wildman–Crippen MR) is 78.5 cm³/mol. The van der Waals surface area contributed by atoms with Gasteiger partial charge in [-0.1, -0.05) is 39.4 Å². The summed E-state index contributed by atoms with van der Waals surface area (Å²) in [6.45, 7) is 9.83. The minimum Gasteiger partial charge on any atom is -0.465 e. The number of likely N-dealkylation sites (N-methyl/N-ethyl adjacent to an activating group) is 1. The number of hydrogen-bond acceptors (Lipinski definition) is 4. The second-order valence-corrected chi connectivity index (χ2v) is 4.92. The van der Waals surface area contributed by atoms with Crippen LogP contribution in [0.1, 0.15) is 40.5 Å². The first-order chi connectivity index (χ1) is 8.47. The third kappa shape index (κ3) is 5.78. The van der Waals surface area contributed by atoms with Gasteiger partial charge in [0.25, 0.3) is 0 Å². The summed E-state index contributed by atoms with van der Waals surface area (Å²) >= 11 is 4.99. The lowest BCUT2D eigenvalue weighted by Gasteiger charge is -2.30. The Bertz CT molecular complexity index is 272. The van der Waals surface area contributed by atoms with E-state index in [-0.39, 0.29) is 17.9 Å².